The Hall–Kier alpha value is -2.10. The Kier molecular flexibility index (Phi) is 4.87. The molecule has 1 rings (SSSR count). The Bertz CT molecular complexity index is 481. The highest BCUT2D eigenvalue weighted by atomic mass is 16.6. The average molecular weight is 261 g/mol. The van der Waals surface area contributed by atoms with Crippen molar-refractivity contribution < 1.29 is 14.3 Å². The Balaban J connectivity index is 2.68. The smallest absolute Gasteiger partial charge is 0.338 e. The first-order valence-electron chi connectivity index (χ1n) is 6.06. The second-order valence-corrected chi connectivity index (χ2v) is 5.20. The third kappa shape index (κ3) is 5.86. The molecule has 0 radical (unpaired) electrons. The van der Waals surface area contributed by atoms with Gasteiger partial charge in [-0.1, -0.05) is 24.3 Å². The first-order chi connectivity index (χ1) is 8.78. The van der Waals surface area contributed by atoms with Gasteiger partial charge in [-0.15, -0.1) is 0 Å². The lowest BCUT2D eigenvalue weighted by molar-refractivity contribution is -0.117. The SMILES string of the molecule is CC(C)(C)OC(=O)c1ccc(C=CCC(N)=O)cc1. The molecule has 0 atom stereocenters. The van der Waals surface area contributed by atoms with Gasteiger partial charge in [-0.05, 0) is 38.5 Å². The molecule has 4 heteroatoms. The zero-order valence-corrected chi connectivity index (χ0v) is 11.5. The number of carbonyl (C=O) groups is 2. The fourth-order valence-electron chi connectivity index (χ4n) is 1.38. The Morgan fingerprint density at radius 3 is 2.26 bits per heavy atom. The van der Waals surface area contributed by atoms with Crippen LogP contribution in [0.3, 0.4) is 0 Å². The molecule has 0 bridgehead atoms. The summed E-state index contributed by atoms with van der Waals surface area (Å²) in [6.07, 6.45) is 3.67. The highest BCUT2D eigenvalue weighted by Crippen LogP contribution is 2.13. The summed E-state index contributed by atoms with van der Waals surface area (Å²) >= 11 is 0. The third-order valence-electron chi connectivity index (χ3n) is 2.17. The van der Waals surface area contributed by atoms with Crippen molar-refractivity contribution in [1.29, 1.82) is 0 Å². The molecule has 19 heavy (non-hydrogen) atoms. The van der Waals surface area contributed by atoms with E-state index in [1.165, 1.54) is 0 Å². The molecule has 4 nitrogen and oxygen atoms in total. The number of benzene rings is 1. The monoisotopic (exact) mass is 261 g/mol. The van der Waals surface area contributed by atoms with Gasteiger partial charge in [-0.3, -0.25) is 4.79 Å². The summed E-state index contributed by atoms with van der Waals surface area (Å²) in [5.41, 5.74) is 5.92. The number of carbonyl (C=O) groups excluding carboxylic acids is 2. The summed E-state index contributed by atoms with van der Waals surface area (Å²) in [5, 5.41) is 0. The maximum Gasteiger partial charge on any atom is 0.338 e. The van der Waals surface area contributed by atoms with E-state index in [1.807, 2.05) is 20.8 Å². The van der Waals surface area contributed by atoms with Crippen LogP contribution in [0.4, 0.5) is 0 Å². The molecule has 1 aromatic carbocycles. The molecule has 0 saturated carbocycles. The van der Waals surface area contributed by atoms with Crippen molar-refractivity contribution in [1.82, 2.24) is 0 Å². The first-order valence-corrected chi connectivity index (χ1v) is 6.06. The minimum atomic E-state index is -0.503. The van der Waals surface area contributed by atoms with E-state index in [0.29, 0.717) is 5.56 Å². The molecule has 2 N–H and O–H groups in total. The number of primary amides is 1. The minimum absolute atomic E-state index is 0.202. The van der Waals surface area contributed by atoms with Crippen molar-refractivity contribution in [2.24, 2.45) is 5.73 Å². The van der Waals surface area contributed by atoms with Crippen LogP contribution in [-0.2, 0) is 9.53 Å². The summed E-state index contributed by atoms with van der Waals surface area (Å²) in [4.78, 5) is 22.3. The Labute approximate surface area is 113 Å². The van der Waals surface area contributed by atoms with E-state index in [4.69, 9.17) is 10.5 Å². The second kappa shape index (κ2) is 6.18. The fourth-order valence-corrected chi connectivity index (χ4v) is 1.38. The quantitative estimate of drug-likeness (QED) is 0.847. The van der Waals surface area contributed by atoms with Crippen molar-refractivity contribution in [2.45, 2.75) is 32.8 Å². The van der Waals surface area contributed by atoms with Crippen LogP contribution in [0.15, 0.2) is 30.3 Å². The number of nitrogens with two attached hydrogens (primary N) is 1. The normalized spacial score (nSPS) is 11.5. The molecule has 0 spiro atoms. The molecular weight excluding hydrogens is 242 g/mol. The van der Waals surface area contributed by atoms with Crippen LogP contribution in [0.1, 0.15) is 43.1 Å². The molecule has 0 aliphatic carbocycles. The minimum Gasteiger partial charge on any atom is -0.456 e. The van der Waals surface area contributed by atoms with Crippen LogP contribution < -0.4 is 5.73 Å². The van der Waals surface area contributed by atoms with Gasteiger partial charge in [0, 0.05) is 6.42 Å². The zero-order chi connectivity index (χ0) is 14.5. The Morgan fingerprint density at radius 2 is 1.79 bits per heavy atom. The van der Waals surface area contributed by atoms with Crippen molar-refractivity contribution in [3.05, 3.63) is 41.5 Å². The number of rotatable bonds is 4. The number of ether oxygens (including phenoxy) is 1. The van der Waals surface area contributed by atoms with Gasteiger partial charge in [-0.25, -0.2) is 4.79 Å². The average Bonchev–Trinajstić information content (AvgIpc) is 2.27. The van der Waals surface area contributed by atoms with E-state index < -0.39 is 5.60 Å². The van der Waals surface area contributed by atoms with Crippen LogP contribution in [0, 0.1) is 0 Å². The van der Waals surface area contributed by atoms with Crippen molar-refractivity contribution in [2.75, 3.05) is 0 Å². The van der Waals surface area contributed by atoms with Crippen LogP contribution >= 0.6 is 0 Å². The molecule has 1 aromatic rings. The van der Waals surface area contributed by atoms with E-state index >= 15 is 0 Å². The van der Waals surface area contributed by atoms with Crippen LogP contribution in [0.2, 0.25) is 0 Å². The predicted octanol–water partition coefficient (Wildman–Crippen LogP) is 2.53. The van der Waals surface area contributed by atoms with E-state index in [1.54, 1.807) is 36.4 Å². The van der Waals surface area contributed by atoms with Gasteiger partial charge < -0.3 is 10.5 Å². The summed E-state index contributed by atoms with van der Waals surface area (Å²) in [5.74, 6) is -0.721. The molecule has 102 valence electrons. The van der Waals surface area contributed by atoms with Gasteiger partial charge in [0.25, 0.3) is 0 Å². The van der Waals surface area contributed by atoms with Crippen LogP contribution in [-0.4, -0.2) is 17.5 Å². The number of hydrogen-bond acceptors (Lipinski definition) is 3. The van der Waals surface area contributed by atoms with Gasteiger partial charge in [0.15, 0.2) is 0 Å². The maximum atomic E-state index is 11.8. The molecule has 0 saturated heterocycles. The van der Waals surface area contributed by atoms with Crippen molar-refractivity contribution in [3.8, 4) is 0 Å². The molecule has 0 aliphatic rings. The molecule has 1 amide bonds. The highest BCUT2D eigenvalue weighted by Gasteiger charge is 2.17. The number of esters is 1. The maximum absolute atomic E-state index is 11.8. The molecule has 0 fully saturated rings. The van der Waals surface area contributed by atoms with Gasteiger partial charge in [0.1, 0.15) is 5.60 Å². The zero-order valence-electron chi connectivity index (χ0n) is 11.5. The summed E-state index contributed by atoms with van der Waals surface area (Å²) in [6.45, 7) is 5.48. The van der Waals surface area contributed by atoms with Crippen LogP contribution in [0.25, 0.3) is 6.08 Å². The largest absolute Gasteiger partial charge is 0.456 e. The van der Waals surface area contributed by atoms with E-state index in [0.717, 1.165) is 5.56 Å². The number of amides is 1. The highest BCUT2D eigenvalue weighted by molar-refractivity contribution is 5.90. The molecule has 0 heterocycles. The Morgan fingerprint density at radius 1 is 1.21 bits per heavy atom. The van der Waals surface area contributed by atoms with E-state index in [-0.39, 0.29) is 18.3 Å². The predicted molar refractivity (Wildman–Crippen MR) is 74.5 cm³/mol. The summed E-state index contributed by atoms with van der Waals surface area (Å²) in [7, 11) is 0. The summed E-state index contributed by atoms with van der Waals surface area (Å²) in [6, 6.07) is 6.96. The van der Waals surface area contributed by atoms with E-state index in [2.05, 4.69) is 0 Å². The topological polar surface area (TPSA) is 69.4 Å². The van der Waals surface area contributed by atoms with Gasteiger partial charge in [0.05, 0.1) is 5.56 Å². The second-order valence-electron chi connectivity index (χ2n) is 5.20. The molecule has 0 aromatic heterocycles. The lowest BCUT2D eigenvalue weighted by Gasteiger charge is -2.19. The lowest BCUT2D eigenvalue weighted by atomic mass is 10.1. The van der Waals surface area contributed by atoms with Gasteiger partial charge >= 0.3 is 5.97 Å². The summed E-state index contributed by atoms with van der Waals surface area (Å²) < 4.78 is 5.26. The van der Waals surface area contributed by atoms with Gasteiger partial charge in [0.2, 0.25) is 5.91 Å². The molecular formula is C15H19NO3. The van der Waals surface area contributed by atoms with Gasteiger partial charge in [-0.2, -0.15) is 0 Å². The molecule has 0 aliphatic heterocycles. The van der Waals surface area contributed by atoms with Crippen LogP contribution in [0.5, 0.6) is 0 Å². The lowest BCUT2D eigenvalue weighted by Crippen LogP contribution is -2.23. The fraction of sp³-hybridized carbons (Fsp3) is 0.333. The number of hydrogen-bond donors (Lipinski definition) is 1. The van der Waals surface area contributed by atoms with E-state index in [9.17, 15) is 9.59 Å². The van der Waals surface area contributed by atoms with Crippen molar-refractivity contribution >= 4 is 18.0 Å². The molecule has 0 unspecified atom stereocenters. The first kappa shape index (κ1) is 15.0. The third-order valence-corrected chi connectivity index (χ3v) is 2.17. The standard InChI is InChI=1S/C15H19NO3/c1-15(2,3)19-14(18)12-9-7-11(8-10-12)5-4-6-13(16)17/h4-5,7-10H,6H2,1-3H3,(H2,16,17). The van der Waals surface area contributed by atoms with Crippen molar-refractivity contribution in [3.63, 3.8) is 0 Å².